The molecule has 0 aliphatic rings. The Balaban J connectivity index is 1.46. The highest BCUT2D eigenvalue weighted by Crippen LogP contribution is 2.34. The van der Waals surface area contributed by atoms with Crippen LogP contribution >= 0.6 is 0 Å². The first-order valence-corrected chi connectivity index (χ1v) is 12.4. The molecule has 4 aromatic rings. The van der Waals surface area contributed by atoms with Crippen LogP contribution in [0.2, 0.25) is 0 Å². The van der Waals surface area contributed by atoms with Gasteiger partial charge in [0, 0.05) is 24.1 Å². The zero-order valence-corrected chi connectivity index (χ0v) is 21.8. The third kappa shape index (κ3) is 6.24. The molecular formula is C28H29F3N6O2. The van der Waals surface area contributed by atoms with Crippen LogP contribution < -0.4 is 11.1 Å². The van der Waals surface area contributed by atoms with Crippen molar-refractivity contribution in [3.05, 3.63) is 71.5 Å². The summed E-state index contributed by atoms with van der Waals surface area (Å²) < 4.78 is 38.7. The van der Waals surface area contributed by atoms with E-state index in [1.807, 2.05) is 50.4 Å². The summed E-state index contributed by atoms with van der Waals surface area (Å²) in [5.74, 6) is -1.72. The van der Waals surface area contributed by atoms with E-state index in [0.29, 0.717) is 40.1 Å². The number of nitrogens with zero attached hydrogens (tertiary/aromatic N) is 4. The molecular weight excluding hydrogens is 509 g/mol. The summed E-state index contributed by atoms with van der Waals surface area (Å²) >= 11 is 0. The molecule has 0 saturated carbocycles. The Morgan fingerprint density at radius 1 is 1.00 bits per heavy atom. The Bertz CT molecular complexity index is 1490. The third-order valence-electron chi connectivity index (χ3n) is 6.59. The molecule has 0 aliphatic carbocycles. The zero-order valence-electron chi connectivity index (χ0n) is 21.8. The molecule has 8 nitrogen and oxygen atoms in total. The van der Waals surface area contributed by atoms with Gasteiger partial charge in [-0.3, -0.25) is 9.59 Å². The number of aryl methyl sites for hydroxylation is 1. The zero-order chi connectivity index (χ0) is 28.4. The molecule has 0 saturated heterocycles. The van der Waals surface area contributed by atoms with Crippen LogP contribution in [0.1, 0.15) is 48.2 Å². The van der Waals surface area contributed by atoms with Gasteiger partial charge in [0.25, 0.3) is 0 Å². The Labute approximate surface area is 223 Å². The molecule has 1 amide bonds. The second kappa shape index (κ2) is 10.8. The standard InChI is InChI=1S/C28H29F3N6O2/c1-17-4-8-20(9-5-17)23-22-24(32)34-16-35-25(22)37(36-23)27(2,3)14-12-21(38)19-10-6-18(7-11-19)13-15-33-26(39)28(29,30)31/h4-11,16H,12-15H2,1-3H3,(H,33,39)(H2,32,34,35). The van der Waals surface area contributed by atoms with Crippen molar-refractivity contribution in [1.29, 1.82) is 0 Å². The van der Waals surface area contributed by atoms with E-state index in [9.17, 15) is 22.8 Å². The van der Waals surface area contributed by atoms with Crippen LogP contribution in [0.15, 0.2) is 54.9 Å². The van der Waals surface area contributed by atoms with Crippen LogP contribution in [0.4, 0.5) is 19.0 Å². The molecule has 0 radical (unpaired) electrons. The van der Waals surface area contributed by atoms with Crippen molar-refractivity contribution in [2.75, 3.05) is 12.3 Å². The molecule has 2 heterocycles. The van der Waals surface area contributed by atoms with Gasteiger partial charge in [-0.2, -0.15) is 18.3 Å². The maximum atomic E-state index is 13.0. The van der Waals surface area contributed by atoms with Crippen LogP contribution in [0.25, 0.3) is 22.3 Å². The summed E-state index contributed by atoms with van der Waals surface area (Å²) in [7, 11) is 0. The molecule has 0 bridgehead atoms. The van der Waals surface area contributed by atoms with Gasteiger partial charge in [0.1, 0.15) is 17.8 Å². The number of anilines is 1. The molecule has 204 valence electrons. The fourth-order valence-corrected chi connectivity index (χ4v) is 4.26. The van der Waals surface area contributed by atoms with Crippen LogP contribution in [0.3, 0.4) is 0 Å². The molecule has 0 fully saturated rings. The highest BCUT2D eigenvalue weighted by molar-refractivity contribution is 5.98. The average molecular weight is 539 g/mol. The maximum absolute atomic E-state index is 13.0. The van der Waals surface area contributed by atoms with Gasteiger partial charge < -0.3 is 11.1 Å². The predicted octanol–water partition coefficient (Wildman–Crippen LogP) is 5.00. The number of alkyl halides is 3. The molecule has 11 heteroatoms. The first kappa shape index (κ1) is 27.7. The van der Waals surface area contributed by atoms with Crippen molar-refractivity contribution >= 4 is 28.5 Å². The van der Waals surface area contributed by atoms with E-state index in [2.05, 4.69) is 9.97 Å². The van der Waals surface area contributed by atoms with E-state index in [1.54, 1.807) is 28.9 Å². The van der Waals surface area contributed by atoms with Crippen molar-refractivity contribution in [2.24, 2.45) is 0 Å². The van der Waals surface area contributed by atoms with Crippen LogP contribution in [0.5, 0.6) is 0 Å². The Morgan fingerprint density at radius 2 is 1.67 bits per heavy atom. The fraction of sp³-hybridized carbons (Fsp3) is 0.321. The summed E-state index contributed by atoms with van der Waals surface area (Å²) in [6, 6.07) is 14.6. The van der Waals surface area contributed by atoms with Gasteiger partial charge in [-0.1, -0.05) is 54.1 Å². The second-order valence-corrected chi connectivity index (χ2v) is 10.0. The fourth-order valence-electron chi connectivity index (χ4n) is 4.26. The summed E-state index contributed by atoms with van der Waals surface area (Å²) in [6.45, 7) is 5.80. The number of ketones is 1. The van der Waals surface area contributed by atoms with Crippen molar-refractivity contribution < 1.29 is 22.8 Å². The number of fused-ring (bicyclic) bond motifs is 1. The Kier molecular flexibility index (Phi) is 7.71. The molecule has 0 atom stereocenters. The van der Waals surface area contributed by atoms with E-state index >= 15 is 0 Å². The predicted molar refractivity (Wildman–Crippen MR) is 142 cm³/mol. The van der Waals surface area contributed by atoms with Gasteiger partial charge in [0.15, 0.2) is 11.4 Å². The summed E-state index contributed by atoms with van der Waals surface area (Å²) in [4.78, 5) is 32.5. The van der Waals surface area contributed by atoms with Gasteiger partial charge in [-0.25, -0.2) is 14.6 Å². The molecule has 2 aromatic heterocycles. The lowest BCUT2D eigenvalue weighted by Gasteiger charge is -2.25. The SMILES string of the molecule is Cc1ccc(-c2nn(C(C)(C)CCC(=O)c3ccc(CCNC(=O)C(F)(F)F)cc3)c3ncnc(N)c23)cc1. The minimum absolute atomic E-state index is 0.0793. The van der Waals surface area contributed by atoms with Gasteiger partial charge >= 0.3 is 12.1 Å². The number of hydrogen-bond donors (Lipinski definition) is 2. The first-order chi connectivity index (χ1) is 18.4. The lowest BCUT2D eigenvalue weighted by molar-refractivity contribution is -0.173. The van der Waals surface area contributed by atoms with Crippen molar-refractivity contribution in [3.63, 3.8) is 0 Å². The van der Waals surface area contributed by atoms with Crippen LogP contribution in [-0.2, 0) is 16.8 Å². The van der Waals surface area contributed by atoms with Crippen LogP contribution in [-0.4, -0.2) is 44.2 Å². The number of hydrogen-bond acceptors (Lipinski definition) is 6. The lowest BCUT2D eigenvalue weighted by atomic mass is 9.94. The highest BCUT2D eigenvalue weighted by atomic mass is 19.4. The second-order valence-electron chi connectivity index (χ2n) is 10.0. The minimum Gasteiger partial charge on any atom is -0.383 e. The lowest BCUT2D eigenvalue weighted by Crippen LogP contribution is -2.37. The highest BCUT2D eigenvalue weighted by Gasteiger charge is 2.38. The molecule has 4 rings (SSSR count). The largest absolute Gasteiger partial charge is 0.471 e. The molecule has 0 aliphatic heterocycles. The van der Waals surface area contributed by atoms with E-state index < -0.39 is 17.6 Å². The number of aromatic nitrogens is 4. The normalized spacial score (nSPS) is 12.1. The maximum Gasteiger partial charge on any atom is 0.471 e. The van der Waals surface area contributed by atoms with E-state index in [0.717, 1.165) is 11.1 Å². The number of nitrogens with one attached hydrogen (secondary N) is 1. The van der Waals surface area contributed by atoms with Gasteiger partial charge in [0.2, 0.25) is 0 Å². The number of amides is 1. The topological polar surface area (TPSA) is 116 Å². The number of carbonyl (C=O) groups excluding carboxylic acids is 2. The average Bonchev–Trinajstić information content (AvgIpc) is 3.29. The number of benzene rings is 2. The summed E-state index contributed by atoms with van der Waals surface area (Å²) in [6.07, 6.45) is -2.61. The Hall–Kier alpha value is -4.28. The van der Waals surface area contributed by atoms with E-state index in [1.165, 1.54) is 6.33 Å². The number of carbonyl (C=O) groups is 2. The van der Waals surface area contributed by atoms with Gasteiger partial charge in [-0.15, -0.1) is 0 Å². The number of Topliss-reactive ketones (excluding diaryl/α,β-unsaturated/α-hetero) is 1. The number of nitrogens with two attached hydrogens (primary N) is 1. The van der Waals surface area contributed by atoms with E-state index in [-0.39, 0.29) is 25.2 Å². The van der Waals surface area contributed by atoms with Crippen molar-refractivity contribution in [2.45, 2.75) is 51.7 Å². The first-order valence-electron chi connectivity index (χ1n) is 12.4. The summed E-state index contributed by atoms with van der Waals surface area (Å²) in [5.41, 5.74) is 10.1. The Morgan fingerprint density at radius 3 is 2.31 bits per heavy atom. The van der Waals surface area contributed by atoms with Gasteiger partial charge in [0.05, 0.1) is 10.9 Å². The monoisotopic (exact) mass is 538 g/mol. The molecule has 2 aromatic carbocycles. The molecule has 3 N–H and O–H groups in total. The van der Waals surface area contributed by atoms with Gasteiger partial charge in [-0.05, 0) is 39.2 Å². The van der Waals surface area contributed by atoms with Crippen molar-refractivity contribution in [1.82, 2.24) is 25.1 Å². The number of nitrogen functional groups attached to an aromatic ring is 1. The molecule has 0 spiro atoms. The minimum atomic E-state index is -4.91. The molecule has 39 heavy (non-hydrogen) atoms. The molecule has 0 unspecified atom stereocenters. The summed E-state index contributed by atoms with van der Waals surface area (Å²) in [5, 5.41) is 7.35. The van der Waals surface area contributed by atoms with Crippen LogP contribution in [0, 0.1) is 6.92 Å². The number of rotatable bonds is 9. The third-order valence-corrected chi connectivity index (χ3v) is 6.59. The van der Waals surface area contributed by atoms with E-state index in [4.69, 9.17) is 10.8 Å². The quantitative estimate of drug-likeness (QED) is 0.290. The van der Waals surface area contributed by atoms with Crippen molar-refractivity contribution in [3.8, 4) is 11.3 Å². The number of halogens is 3. The smallest absolute Gasteiger partial charge is 0.383 e.